The second-order valence-electron chi connectivity index (χ2n) is 9.83. The summed E-state index contributed by atoms with van der Waals surface area (Å²) in [6.07, 6.45) is 6.50. The van der Waals surface area contributed by atoms with Gasteiger partial charge in [-0.2, -0.15) is 0 Å². The van der Waals surface area contributed by atoms with E-state index in [0.29, 0.717) is 34.2 Å². The number of pyridine rings is 1. The van der Waals surface area contributed by atoms with Crippen molar-refractivity contribution in [1.29, 1.82) is 0 Å². The Hall–Kier alpha value is -4.88. The molecule has 4 rings (SSSR count). The van der Waals surface area contributed by atoms with E-state index in [1.165, 1.54) is 6.20 Å². The van der Waals surface area contributed by atoms with Crippen LogP contribution in [0.2, 0.25) is 0 Å². The van der Waals surface area contributed by atoms with Crippen LogP contribution in [0.5, 0.6) is 0 Å². The van der Waals surface area contributed by atoms with Crippen molar-refractivity contribution in [1.82, 2.24) is 14.5 Å². The van der Waals surface area contributed by atoms with Crippen LogP contribution in [0.3, 0.4) is 0 Å². The lowest BCUT2D eigenvalue weighted by atomic mass is 9.93. The van der Waals surface area contributed by atoms with Gasteiger partial charge in [-0.15, -0.1) is 0 Å². The summed E-state index contributed by atoms with van der Waals surface area (Å²) in [6.45, 7) is 8.21. The maximum atomic E-state index is 12.9. The average Bonchev–Trinajstić information content (AvgIpc) is 3.55. The van der Waals surface area contributed by atoms with Crippen molar-refractivity contribution in [2.24, 2.45) is 10.7 Å². The van der Waals surface area contributed by atoms with E-state index in [0.717, 1.165) is 16.8 Å². The summed E-state index contributed by atoms with van der Waals surface area (Å²) < 4.78 is 7.22. The molecule has 0 aliphatic rings. The number of allylic oxidation sites excluding steroid dienone is 1. The van der Waals surface area contributed by atoms with Gasteiger partial charge in [-0.05, 0) is 42.7 Å². The minimum atomic E-state index is -0.302. The topological polar surface area (TPSA) is 143 Å². The zero-order chi connectivity index (χ0) is 28.0. The van der Waals surface area contributed by atoms with Gasteiger partial charge in [0.1, 0.15) is 11.5 Å². The molecule has 10 nitrogen and oxygen atoms in total. The van der Waals surface area contributed by atoms with Crippen molar-refractivity contribution in [2.75, 3.05) is 23.8 Å². The molecule has 4 aromatic rings. The van der Waals surface area contributed by atoms with Crippen LogP contribution in [0.4, 0.5) is 11.5 Å². The number of aliphatic hydroxyl groups is 1. The monoisotopic (exact) mass is 525 g/mol. The van der Waals surface area contributed by atoms with Gasteiger partial charge < -0.3 is 26.0 Å². The van der Waals surface area contributed by atoms with Gasteiger partial charge in [0, 0.05) is 41.2 Å². The molecule has 200 valence electrons. The fraction of sp³-hybridized carbons (Fsp3) is 0.241. The number of aliphatic imine (C=N–C) groups is 1. The molecule has 0 saturated carbocycles. The summed E-state index contributed by atoms with van der Waals surface area (Å²) >= 11 is 0. The molecule has 0 fully saturated rings. The molecule has 3 heterocycles. The third-order valence-electron chi connectivity index (χ3n) is 5.77. The van der Waals surface area contributed by atoms with Crippen molar-refractivity contribution in [3.63, 3.8) is 0 Å². The van der Waals surface area contributed by atoms with Gasteiger partial charge in [0.05, 0.1) is 30.7 Å². The predicted molar refractivity (Wildman–Crippen MR) is 152 cm³/mol. The van der Waals surface area contributed by atoms with Crippen molar-refractivity contribution in [3.8, 4) is 11.8 Å². The van der Waals surface area contributed by atoms with Crippen LogP contribution in [0, 0.1) is 18.8 Å². The Balaban J connectivity index is 1.56. The highest BCUT2D eigenvalue weighted by atomic mass is 16.5. The molecule has 0 unspecified atom stereocenters. The van der Waals surface area contributed by atoms with E-state index in [1.54, 1.807) is 30.6 Å². The molecule has 0 aliphatic carbocycles. The molecule has 0 atom stereocenters. The van der Waals surface area contributed by atoms with Gasteiger partial charge in [0.2, 0.25) is 0 Å². The van der Waals surface area contributed by atoms with Gasteiger partial charge in [0.25, 0.3) is 5.91 Å². The number of nitrogens with one attached hydrogen (secondary N) is 2. The Morgan fingerprint density at radius 3 is 2.77 bits per heavy atom. The lowest BCUT2D eigenvalue weighted by Gasteiger charge is -2.12. The Bertz CT molecular complexity index is 1610. The number of aliphatic hydroxyl groups excluding tert-OH is 1. The van der Waals surface area contributed by atoms with Gasteiger partial charge in [0.15, 0.2) is 11.5 Å². The number of carbonyl (C=O) groups is 1. The van der Waals surface area contributed by atoms with Crippen LogP contribution in [-0.2, 0) is 5.41 Å². The second kappa shape index (κ2) is 11.7. The van der Waals surface area contributed by atoms with Crippen molar-refractivity contribution < 1.29 is 14.4 Å². The van der Waals surface area contributed by atoms with Gasteiger partial charge in [-0.3, -0.25) is 14.2 Å². The highest BCUT2D eigenvalue weighted by Gasteiger charge is 2.20. The zero-order valence-electron chi connectivity index (χ0n) is 22.3. The number of fused-ring (bicyclic) bond motifs is 1. The van der Waals surface area contributed by atoms with E-state index in [-0.39, 0.29) is 24.5 Å². The van der Waals surface area contributed by atoms with E-state index >= 15 is 0 Å². The summed E-state index contributed by atoms with van der Waals surface area (Å²) in [5.74, 6) is 7.09. The van der Waals surface area contributed by atoms with Gasteiger partial charge in [-0.25, -0.2) is 4.98 Å². The predicted octanol–water partition coefficient (Wildman–Crippen LogP) is 3.86. The third-order valence-corrected chi connectivity index (χ3v) is 5.77. The number of aromatic nitrogens is 3. The molecule has 0 radical (unpaired) electrons. The Morgan fingerprint density at radius 2 is 2.05 bits per heavy atom. The number of hydrogen-bond acceptors (Lipinski definition) is 8. The Morgan fingerprint density at radius 1 is 1.23 bits per heavy atom. The molecule has 0 bridgehead atoms. The number of rotatable bonds is 7. The highest BCUT2D eigenvalue weighted by molar-refractivity contribution is 6.04. The average molecular weight is 526 g/mol. The number of nitrogens with zero attached hydrogens (tertiary/aromatic N) is 4. The SMILES string of the molecule is Cc1ccc(C(=O)Nc2cc(C(C)(C)C)on2)cc1C#Cc1cnc2c(NC(C=NCCO)=CN)cccn12. The lowest BCUT2D eigenvalue weighted by Crippen LogP contribution is -2.13. The molecule has 1 aromatic carbocycles. The van der Waals surface area contributed by atoms with Crippen LogP contribution in [0.25, 0.3) is 5.65 Å². The maximum Gasteiger partial charge on any atom is 0.256 e. The number of carbonyl (C=O) groups excluding carboxylic acids is 1. The molecule has 10 heteroatoms. The number of imidazole rings is 1. The van der Waals surface area contributed by atoms with E-state index < -0.39 is 0 Å². The summed E-state index contributed by atoms with van der Waals surface area (Å²) in [6, 6.07) is 10.8. The molecule has 0 saturated heterocycles. The fourth-order valence-electron chi connectivity index (χ4n) is 3.60. The minimum Gasteiger partial charge on any atom is -0.403 e. The number of anilines is 2. The largest absolute Gasteiger partial charge is 0.403 e. The van der Waals surface area contributed by atoms with E-state index in [1.807, 2.05) is 56.5 Å². The molecule has 1 amide bonds. The second-order valence-corrected chi connectivity index (χ2v) is 9.83. The van der Waals surface area contributed by atoms with Crippen LogP contribution in [0.15, 0.2) is 70.2 Å². The Kier molecular flexibility index (Phi) is 8.13. The first kappa shape index (κ1) is 27.2. The Labute approximate surface area is 226 Å². The molecule has 3 aromatic heterocycles. The number of aryl methyl sites for hydroxylation is 1. The lowest BCUT2D eigenvalue weighted by molar-refractivity contribution is 0.102. The number of amides is 1. The smallest absolute Gasteiger partial charge is 0.256 e. The highest BCUT2D eigenvalue weighted by Crippen LogP contribution is 2.25. The normalized spacial score (nSPS) is 12.0. The summed E-state index contributed by atoms with van der Waals surface area (Å²) in [5.41, 5.74) is 10.2. The van der Waals surface area contributed by atoms with Gasteiger partial charge >= 0.3 is 0 Å². The van der Waals surface area contributed by atoms with Crippen molar-refractivity contribution in [3.05, 3.63) is 88.8 Å². The summed E-state index contributed by atoms with van der Waals surface area (Å²) in [4.78, 5) is 21.5. The summed E-state index contributed by atoms with van der Waals surface area (Å²) in [5, 5.41) is 18.9. The van der Waals surface area contributed by atoms with E-state index in [4.69, 9.17) is 15.4 Å². The first-order valence-electron chi connectivity index (χ1n) is 12.4. The number of hydrogen-bond donors (Lipinski definition) is 4. The van der Waals surface area contributed by atoms with Crippen LogP contribution in [0.1, 0.15) is 53.7 Å². The third kappa shape index (κ3) is 6.52. The number of nitrogens with two attached hydrogens (primary N) is 1. The first-order valence-corrected chi connectivity index (χ1v) is 12.4. The molecular formula is C29H31N7O3. The van der Waals surface area contributed by atoms with Crippen molar-refractivity contribution >= 4 is 29.3 Å². The zero-order valence-corrected chi connectivity index (χ0v) is 22.3. The molecule has 39 heavy (non-hydrogen) atoms. The maximum absolute atomic E-state index is 12.9. The van der Waals surface area contributed by atoms with Crippen LogP contribution < -0.4 is 16.4 Å². The van der Waals surface area contributed by atoms with Crippen LogP contribution >= 0.6 is 0 Å². The summed E-state index contributed by atoms with van der Waals surface area (Å²) in [7, 11) is 0. The molecular weight excluding hydrogens is 494 g/mol. The van der Waals surface area contributed by atoms with E-state index in [2.05, 4.69) is 37.6 Å². The molecule has 0 spiro atoms. The standard InChI is InChI=1S/C29H31N7O3/c1-19-7-8-21(28(38)34-26-15-25(39-35-26)29(2,3)4)14-20(19)9-10-23-18-32-27-24(6-5-12-36(23)27)33-22(16-30)17-31-11-13-37/h5-8,12,14-18,33,37H,11,13,30H2,1-4H3,(H,34,35,38). The van der Waals surface area contributed by atoms with Crippen molar-refractivity contribution in [2.45, 2.75) is 33.1 Å². The first-order chi connectivity index (χ1) is 18.7. The quantitative estimate of drug-likeness (QED) is 0.212. The number of benzene rings is 1. The van der Waals surface area contributed by atoms with Crippen LogP contribution in [-0.4, -0.2) is 44.9 Å². The fourth-order valence-corrected chi connectivity index (χ4v) is 3.60. The molecule has 5 N–H and O–H groups in total. The van der Waals surface area contributed by atoms with Gasteiger partial charge in [-0.1, -0.05) is 37.9 Å². The van der Waals surface area contributed by atoms with E-state index in [9.17, 15) is 4.79 Å². The molecule has 0 aliphatic heterocycles. The minimum absolute atomic E-state index is 0.0425.